The van der Waals surface area contributed by atoms with E-state index in [2.05, 4.69) is 30.6 Å². The number of amides is 1. The summed E-state index contributed by atoms with van der Waals surface area (Å²) in [6, 6.07) is 1.61. The average Bonchev–Trinajstić information content (AvgIpc) is 2.37. The summed E-state index contributed by atoms with van der Waals surface area (Å²) in [7, 11) is 0. The monoisotopic (exact) mass is 246 g/mol. The van der Waals surface area contributed by atoms with Gasteiger partial charge in [0.05, 0.1) is 5.69 Å². The summed E-state index contributed by atoms with van der Waals surface area (Å²) in [6.07, 6.45) is 3.36. The summed E-state index contributed by atoms with van der Waals surface area (Å²) in [5.74, 6) is 0.824. The van der Waals surface area contributed by atoms with E-state index in [1.54, 1.807) is 19.2 Å². The van der Waals surface area contributed by atoms with Crippen LogP contribution in [-0.2, 0) is 4.79 Å². The van der Waals surface area contributed by atoms with Crippen molar-refractivity contribution >= 4 is 23.9 Å². The van der Waals surface area contributed by atoms with E-state index in [9.17, 15) is 9.59 Å². The molecule has 1 amide bonds. The van der Waals surface area contributed by atoms with Crippen LogP contribution in [-0.4, -0.2) is 26.3 Å². The van der Waals surface area contributed by atoms with E-state index in [0.29, 0.717) is 17.9 Å². The highest BCUT2D eigenvalue weighted by atomic mass is 16.1. The van der Waals surface area contributed by atoms with E-state index in [1.165, 1.54) is 6.33 Å². The molecule has 0 radical (unpaired) electrons. The normalized spacial score (nSPS) is 9.83. The minimum Gasteiger partial charge on any atom is -0.320 e. The maximum absolute atomic E-state index is 11.7. The molecular formula is C10H10N6O2. The fourth-order valence-electron chi connectivity index (χ4n) is 1.31. The molecule has 0 aliphatic rings. The van der Waals surface area contributed by atoms with Crippen LogP contribution < -0.4 is 16.2 Å². The number of rotatable bonds is 4. The van der Waals surface area contributed by atoms with Gasteiger partial charge in [0.15, 0.2) is 5.82 Å². The number of carbonyl (C=O) groups excluding carboxylic acids is 1. The minimum atomic E-state index is -0.455. The lowest BCUT2D eigenvalue weighted by Gasteiger charge is -2.07. The number of aromatic amines is 1. The molecule has 0 saturated heterocycles. The largest absolute Gasteiger partial charge is 0.320 e. The van der Waals surface area contributed by atoms with E-state index < -0.39 is 5.56 Å². The molecule has 8 nitrogen and oxygen atoms in total. The number of hydrogen-bond donors (Lipinski definition) is 3. The number of anilines is 3. The van der Waals surface area contributed by atoms with Gasteiger partial charge in [-0.2, -0.15) is 0 Å². The predicted octanol–water partition coefficient (Wildman–Crippen LogP) is 0.180. The number of carbonyl (C=O) groups is 1. The van der Waals surface area contributed by atoms with Gasteiger partial charge in [-0.15, -0.1) is 0 Å². The molecule has 0 atom stereocenters. The standard InChI is InChI=1S/C10H10N6O2/c1-6-8(13-5-17)16-10(18)9(14-6)15-7-2-3-11-4-12-7/h2-5H,1H3,(H,11,12,14,15)(H2,13,16,17,18). The zero-order valence-corrected chi connectivity index (χ0v) is 9.47. The molecule has 0 spiro atoms. The Morgan fingerprint density at radius 3 is 2.94 bits per heavy atom. The van der Waals surface area contributed by atoms with E-state index in [1.807, 2.05) is 0 Å². The van der Waals surface area contributed by atoms with Gasteiger partial charge in [-0.3, -0.25) is 9.59 Å². The van der Waals surface area contributed by atoms with Gasteiger partial charge in [-0.25, -0.2) is 15.0 Å². The van der Waals surface area contributed by atoms with Crippen LogP contribution in [0, 0.1) is 6.92 Å². The fraction of sp³-hybridized carbons (Fsp3) is 0.100. The number of H-pyrrole nitrogens is 1. The van der Waals surface area contributed by atoms with Crippen molar-refractivity contribution in [3.8, 4) is 0 Å². The quantitative estimate of drug-likeness (QED) is 0.663. The number of nitrogens with one attached hydrogen (secondary N) is 3. The number of aromatic nitrogens is 4. The lowest BCUT2D eigenvalue weighted by molar-refractivity contribution is -0.105. The maximum Gasteiger partial charge on any atom is 0.292 e. The molecule has 2 aromatic heterocycles. The van der Waals surface area contributed by atoms with Crippen LogP contribution in [0.15, 0.2) is 23.4 Å². The van der Waals surface area contributed by atoms with Crippen molar-refractivity contribution in [1.29, 1.82) is 0 Å². The summed E-state index contributed by atoms with van der Waals surface area (Å²) in [5, 5.41) is 5.12. The predicted molar refractivity (Wildman–Crippen MR) is 64.6 cm³/mol. The Balaban J connectivity index is 2.32. The molecule has 0 unspecified atom stereocenters. The van der Waals surface area contributed by atoms with Crippen LogP contribution in [0.4, 0.5) is 17.5 Å². The second-order valence-corrected chi connectivity index (χ2v) is 3.36. The molecule has 0 aromatic carbocycles. The third-order valence-corrected chi connectivity index (χ3v) is 2.13. The van der Waals surface area contributed by atoms with Crippen molar-refractivity contribution in [3.63, 3.8) is 0 Å². The summed E-state index contributed by atoms with van der Waals surface area (Å²) >= 11 is 0. The number of nitrogens with zero attached hydrogens (tertiary/aromatic N) is 3. The number of aryl methyl sites for hydroxylation is 1. The van der Waals surface area contributed by atoms with E-state index in [0.717, 1.165) is 0 Å². The third kappa shape index (κ3) is 2.48. The van der Waals surface area contributed by atoms with Gasteiger partial charge in [0.25, 0.3) is 5.56 Å². The highest BCUT2D eigenvalue weighted by Gasteiger charge is 2.07. The Morgan fingerprint density at radius 2 is 2.28 bits per heavy atom. The third-order valence-electron chi connectivity index (χ3n) is 2.13. The van der Waals surface area contributed by atoms with Gasteiger partial charge >= 0.3 is 0 Å². The first-order valence-corrected chi connectivity index (χ1v) is 5.05. The Hall–Kier alpha value is -2.77. The molecule has 8 heteroatoms. The zero-order chi connectivity index (χ0) is 13.0. The SMILES string of the molecule is Cc1nc(Nc2ccncn2)c(=O)[nH]c1NC=O. The summed E-state index contributed by atoms with van der Waals surface area (Å²) < 4.78 is 0. The van der Waals surface area contributed by atoms with Crippen LogP contribution in [0.2, 0.25) is 0 Å². The van der Waals surface area contributed by atoms with Crippen molar-refractivity contribution < 1.29 is 4.79 Å². The molecule has 92 valence electrons. The Morgan fingerprint density at radius 1 is 1.44 bits per heavy atom. The van der Waals surface area contributed by atoms with Crippen LogP contribution in [0.5, 0.6) is 0 Å². The van der Waals surface area contributed by atoms with Crippen molar-refractivity contribution in [2.45, 2.75) is 6.92 Å². The van der Waals surface area contributed by atoms with Gasteiger partial charge in [-0.05, 0) is 13.0 Å². The van der Waals surface area contributed by atoms with Gasteiger partial charge in [-0.1, -0.05) is 0 Å². The topological polar surface area (TPSA) is 113 Å². The van der Waals surface area contributed by atoms with Crippen molar-refractivity contribution in [2.75, 3.05) is 10.6 Å². The highest BCUT2D eigenvalue weighted by Crippen LogP contribution is 2.10. The smallest absolute Gasteiger partial charge is 0.292 e. The molecule has 0 saturated carbocycles. The molecule has 18 heavy (non-hydrogen) atoms. The minimum absolute atomic E-state index is 0.0997. The maximum atomic E-state index is 11.7. The summed E-state index contributed by atoms with van der Waals surface area (Å²) in [4.78, 5) is 36.2. The Kier molecular flexibility index (Phi) is 3.28. The van der Waals surface area contributed by atoms with E-state index in [4.69, 9.17) is 0 Å². The highest BCUT2D eigenvalue weighted by molar-refractivity contribution is 5.70. The lowest BCUT2D eigenvalue weighted by Crippen LogP contribution is -2.18. The van der Waals surface area contributed by atoms with Gasteiger partial charge in [0, 0.05) is 6.20 Å². The summed E-state index contributed by atoms with van der Waals surface area (Å²) in [5.41, 5.74) is 0.0295. The van der Waals surface area contributed by atoms with Crippen molar-refractivity contribution in [2.24, 2.45) is 0 Å². The van der Waals surface area contributed by atoms with E-state index in [-0.39, 0.29) is 11.6 Å². The molecule has 0 aliphatic carbocycles. The van der Waals surface area contributed by atoms with Crippen LogP contribution in [0.25, 0.3) is 0 Å². The molecule has 2 rings (SSSR count). The van der Waals surface area contributed by atoms with Crippen LogP contribution in [0.1, 0.15) is 5.69 Å². The average molecular weight is 246 g/mol. The molecular weight excluding hydrogens is 236 g/mol. The lowest BCUT2D eigenvalue weighted by atomic mass is 10.4. The second kappa shape index (κ2) is 5.04. The molecule has 2 aromatic rings. The molecule has 3 N–H and O–H groups in total. The van der Waals surface area contributed by atoms with Gasteiger partial charge in [0.1, 0.15) is 18.0 Å². The van der Waals surface area contributed by atoms with Crippen molar-refractivity contribution in [1.82, 2.24) is 19.9 Å². The first-order valence-electron chi connectivity index (χ1n) is 5.05. The fourth-order valence-corrected chi connectivity index (χ4v) is 1.31. The van der Waals surface area contributed by atoms with Gasteiger partial charge in [0.2, 0.25) is 6.41 Å². The summed E-state index contributed by atoms with van der Waals surface area (Å²) in [6.45, 7) is 1.66. The van der Waals surface area contributed by atoms with Gasteiger partial charge < -0.3 is 15.6 Å². The molecule has 2 heterocycles. The zero-order valence-electron chi connectivity index (χ0n) is 9.47. The first-order chi connectivity index (χ1) is 8.70. The molecule has 0 fully saturated rings. The Labute approximate surface area is 102 Å². The number of hydrogen-bond acceptors (Lipinski definition) is 6. The van der Waals surface area contributed by atoms with E-state index >= 15 is 0 Å². The first kappa shape index (κ1) is 11.7. The van der Waals surface area contributed by atoms with Crippen molar-refractivity contribution in [3.05, 3.63) is 34.6 Å². The Bertz CT molecular complexity index is 610. The van der Waals surface area contributed by atoms with Crippen LogP contribution in [0.3, 0.4) is 0 Å². The second-order valence-electron chi connectivity index (χ2n) is 3.36. The molecule has 0 bridgehead atoms. The molecule has 0 aliphatic heterocycles. The van der Waals surface area contributed by atoms with Crippen LogP contribution >= 0.6 is 0 Å².